The molecule has 1 N–H and O–H groups in total. The number of rotatable bonds is 9. The monoisotopic (exact) mass is 389 g/mol. The van der Waals surface area contributed by atoms with E-state index in [1.54, 1.807) is 19.4 Å². The van der Waals surface area contributed by atoms with Gasteiger partial charge >= 0.3 is 0 Å². The molecule has 5 heteroatoms. The zero-order valence-electron chi connectivity index (χ0n) is 17.0. The van der Waals surface area contributed by atoms with Crippen molar-refractivity contribution in [3.8, 4) is 5.75 Å². The summed E-state index contributed by atoms with van der Waals surface area (Å²) in [6.45, 7) is 3.96. The Morgan fingerprint density at radius 3 is 2.59 bits per heavy atom. The molecule has 0 fully saturated rings. The van der Waals surface area contributed by atoms with Crippen LogP contribution in [0.2, 0.25) is 0 Å². The van der Waals surface area contributed by atoms with Gasteiger partial charge in [0.15, 0.2) is 0 Å². The van der Waals surface area contributed by atoms with Crippen LogP contribution in [0.25, 0.3) is 0 Å². The molecule has 0 unspecified atom stereocenters. The third-order valence-corrected chi connectivity index (χ3v) is 4.75. The van der Waals surface area contributed by atoms with Crippen LogP contribution in [0.5, 0.6) is 5.75 Å². The van der Waals surface area contributed by atoms with E-state index in [0.717, 1.165) is 24.3 Å². The molecule has 1 heterocycles. The van der Waals surface area contributed by atoms with Gasteiger partial charge in [-0.25, -0.2) is 4.98 Å². The molecule has 0 spiro atoms. The lowest BCUT2D eigenvalue weighted by molar-refractivity contribution is 0.0752. The smallest absolute Gasteiger partial charge is 0.254 e. The molecule has 1 aromatic heterocycles. The molecule has 0 atom stereocenters. The van der Waals surface area contributed by atoms with Crippen LogP contribution in [-0.4, -0.2) is 36.0 Å². The van der Waals surface area contributed by atoms with Crippen LogP contribution < -0.4 is 10.1 Å². The van der Waals surface area contributed by atoms with Gasteiger partial charge in [0.2, 0.25) is 0 Å². The standard InChI is InChI=1S/C24H27N3O2/c1-3-27(18-20-8-5-4-6-9-20)24(28)21-13-15-26-23(17-21)25-14-12-19-10-7-11-22(16-19)29-2/h4-11,13,15-17H,3,12,14,18H2,1-2H3,(H,25,26). The Bertz CT molecular complexity index is 928. The first-order valence-electron chi connectivity index (χ1n) is 9.85. The number of hydrogen-bond donors (Lipinski definition) is 1. The van der Waals surface area contributed by atoms with Crippen molar-refractivity contribution in [1.29, 1.82) is 0 Å². The summed E-state index contributed by atoms with van der Waals surface area (Å²) in [5, 5.41) is 3.31. The van der Waals surface area contributed by atoms with Gasteiger partial charge < -0.3 is 15.0 Å². The van der Waals surface area contributed by atoms with Crippen molar-refractivity contribution in [2.24, 2.45) is 0 Å². The fourth-order valence-corrected chi connectivity index (χ4v) is 3.14. The summed E-state index contributed by atoms with van der Waals surface area (Å²) < 4.78 is 5.26. The quantitative estimate of drug-likeness (QED) is 0.589. The third kappa shape index (κ3) is 5.82. The van der Waals surface area contributed by atoms with E-state index in [-0.39, 0.29) is 5.91 Å². The Kier molecular flexibility index (Phi) is 7.22. The minimum absolute atomic E-state index is 0.00889. The van der Waals surface area contributed by atoms with Crippen LogP contribution in [0.1, 0.15) is 28.4 Å². The zero-order chi connectivity index (χ0) is 20.5. The summed E-state index contributed by atoms with van der Waals surface area (Å²) in [7, 11) is 1.67. The van der Waals surface area contributed by atoms with Crippen LogP contribution in [0.4, 0.5) is 5.82 Å². The van der Waals surface area contributed by atoms with Gasteiger partial charge in [0.05, 0.1) is 7.11 Å². The number of benzene rings is 2. The number of carbonyl (C=O) groups excluding carboxylic acids is 1. The summed E-state index contributed by atoms with van der Waals surface area (Å²) in [4.78, 5) is 19.1. The van der Waals surface area contributed by atoms with E-state index in [2.05, 4.69) is 16.4 Å². The molecule has 3 aromatic rings. The highest BCUT2D eigenvalue weighted by Gasteiger charge is 2.15. The number of methoxy groups -OCH3 is 1. The fourth-order valence-electron chi connectivity index (χ4n) is 3.14. The van der Waals surface area contributed by atoms with Crippen LogP contribution >= 0.6 is 0 Å². The van der Waals surface area contributed by atoms with Gasteiger partial charge in [-0.05, 0) is 48.7 Å². The lowest BCUT2D eigenvalue weighted by Crippen LogP contribution is -2.30. The molecule has 0 saturated heterocycles. The Morgan fingerprint density at radius 1 is 1.03 bits per heavy atom. The minimum atomic E-state index is 0.00889. The second-order valence-electron chi connectivity index (χ2n) is 6.76. The van der Waals surface area contributed by atoms with Crippen molar-refractivity contribution < 1.29 is 9.53 Å². The van der Waals surface area contributed by atoms with E-state index >= 15 is 0 Å². The Balaban J connectivity index is 1.61. The lowest BCUT2D eigenvalue weighted by Gasteiger charge is -2.21. The second kappa shape index (κ2) is 10.3. The topological polar surface area (TPSA) is 54.5 Å². The molecule has 2 aromatic carbocycles. The van der Waals surface area contributed by atoms with Crippen molar-refractivity contribution in [2.45, 2.75) is 19.9 Å². The van der Waals surface area contributed by atoms with Gasteiger partial charge in [0, 0.05) is 31.4 Å². The molecule has 3 rings (SSSR count). The number of ether oxygens (including phenoxy) is 1. The first-order valence-corrected chi connectivity index (χ1v) is 9.85. The van der Waals surface area contributed by atoms with Gasteiger partial charge in [-0.2, -0.15) is 0 Å². The molecular weight excluding hydrogens is 362 g/mol. The van der Waals surface area contributed by atoms with E-state index in [0.29, 0.717) is 24.5 Å². The van der Waals surface area contributed by atoms with E-state index in [1.807, 2.05) is 66.4 Å². The molecule has 29 heavy (non-hydrogen) atoms. The number of pyridine rings is 1. The molecular formula is C24H27N3O2. The van der Waals surface area contributed by atoms with E-state index in [1.165, 1.54) is 5.56 Å². The van der Waals surface area contributed by atoms with Crippen molar-refractivity contribution in [1.82, 2.24) is 9.88 Å². The lowest BCUT2D eigenvalue weighted by atomic mass is 10.1. The SMILES string of the molecule is CCN(Cc1ccccc1)C(=O)c1ccnc(NCCc2cccc(OC)c2)c1. The summed E-state index contributed by atoms with van der Waals surface area (Å²) >= 11 is 0. The van der Waals surface area contributed by atoms with Crippen molar-refractivity contribution in [3.63, 3.8) is 0 Å². The van der Waals surface area contributed by atoms with E-state index in [9.17, 15) is 4.79 Å². The summed E-state index contributed by atoms with van der Waals surface area (Å²) in [5.41, 5.74) is 2.94. The zero-order valence-corrected chi connectivity index (χ0v) is 17.0. The molecule has 0 radical (unpaired) electrons. The van der Waals surface area contributed by atoms with Crippen molar-refractivity contribution in [3.05, 3.63) is 89.6 Å². The summed E-state index contributed by atoms with van der Waals surface area (Å²) in [6.07, 6.45) is 2.52. The first-order chi connectivity index (χ1) is 14.2. The van der Waals surface area contributed by atoms with Crippen LogP contribution in [0, 0.1) is 0 Å². The second-order valence-corrected chi connectivity index (χ2v) is 6.76. The van der Waals surface area contributed by atoms with Crippen LogP contribution in [-0.2, 0) is 13.0 Å². The normalized spacial score (nSPS) is 10.4. The minimum Gasteiger partial charge on any atom is -0.497 e. The Morgan fingerprint density at radius 2 is 1.83 bits per heavy atom. The molecule has 5 nitrogen and oxygen atoms in total. The van der Waals surface area contributed by atoms with Gasteiger partial charge in [0.25, 0.3) is 5.91 Å². The molecule has 1 amide bonds. The highest BCUT2D eigenvalue weighted by atomic mass is 16.5. The Labute approximate surface area is 172 Å². The number of anilines is 1. The van der Waals surface area contributed by atoms with Gasteiger partial charge in [-0.1, -0.05) is 42.5 Å². The largest absolute Gasteiger partial charge is 0.497 e. The molecule has 150 valence electrons. The number of hydrogen-bond acceptors (Lipinski definition) is 4. The number of carbonyl (C=O) groups is 1. The number of amides is 1. The highest BCUT2D eigenvalue weighted by Crippen LogP contribution is 2.15. The van der Waals surface area contributed by atoms with Gasteiger partial charge in [-0.15, -0.1) is 0 Å². The molecule has 0 aliphatic heterocycles. The predicted molar refractivity (Wildman–Crippen MR) is 116 cm³/mol. The molecule has 0 bridgehead atoms. The van der Waals surface area contributed by atoms with E-state index in [4.69, 9.17) is 4.74 Å². The average Bonchev–Trinajstić information content (AvgIpc) is 2.78. The maximum Gasteiger partial charge on any atom is 0.254 e. The molecule has 0 aliphatic carbocycles. The fraction of sp³-hybridized carbons (Fsp3) is 0.250. The van der Waals surface area contributed by atoms with Crippen molar-refractivity contribution in [2.75, 3.05) is 25.5 Å². The van der Waals surface area contributed by atoms with Crippen LogP contribution in [0.15, 0.2) is 72.9 Å². The maximum absolute atomic E-state index is 13.0. The first kappa shape index (κ1) is 20.4. The van der Waals surface area contributed by atoms with Crippen molar-refractivity contribution >= 4 is 11.7 Å². The van der Waals surface area contributed by atoms with E-state index < -0.39 is 0 Å². The number of nitrogens with one attached hydrogen (secondary N) is 1. The van der Waals surface area contributed by atoms with Gasteiger partial charge in [-0.3, -0.25) is 4.79 Å². The van der Waals surface area contributed by atoms with Crippen LogP contribution in [0.3, 0.4) is 0 Å². The third-order valence-electron chi connectivity index (χ3n) is 4.75. The summed E-state index contributed by atoms with van der Waals surface area (Å²) in [5.74, 6) is 1.57. The molecule has 0 aliphatic rings. The Hall–Kier alpha value is -3.34. The molecule has 0 saturated carbocycles. The maximum atomic E-state index is 13.0. The summed E-state index contributed by atoms with van der Waals surface area (Å²) in [6, 6.07) is 21.6. The van der Waals surface area contributed by atoms with Gasteiger partial charge in [0.1, 0.15) is 11.6 Å². The highest BCUT2D eigenvalue weighted by molar-refractivity contribution is 5.94. The number of aromatic nitrogens is 1. The predicted octanol–water partition coefficient (Wildman–Crippen LogP) is 4.41. The average molecular weight is 389 g/mol. The number of nitrogens with zero attached hydrogens (tertiary/aromatic N) is 2.